The lowest BCUT2D eigenvalue weighted by atomic mass is 10.0. The molecule has 0 spiro atoms. The highest BCUT2D eigenvalue weighted by atomic mass is 35.5. The van der Waals surface area contributed by atoms with Crippen LogP contribution in [0.1, 0.15) is 74.4 Å². The van der Waals surface area contributed by atoms with Gasteiger partial charge in [0.05, 0.1) is 20.2 Å². The number of halogens is 2. The third kappa shape index (κ3) is 12.7. The maximum Gasteiger partial charge on any atom is 0.347 e. The maximum absolute atomic E-state index is 12.9. The van der Waals surface area contributed by atoms with E-state index < -0.39 is 17.6 Å². The molecule has 1 fully saturated rings. The molecule has 312 valence electrons. The van der Waals surface area contributed by atoms with Crippen molar-refractivity contribution in [2.45, 2.75) is 97.0 Å². The van der Waals surface area contributed by atoms with Gasteiger partial charge in [-0.25, -0.2) is 14.4 Å². The van der Waals surface area contributed by atoms with E-state index in [2.05, 4.69) is 12.2 Å². The number of amides is 3. The normalized spacial score (nSPS) is 13.8. The number of nitrogens with one attached hydrogen (secondary N) is 1. The minimum atomic E-state index is -1.28. The number of hydrogen-bond donors (Lipinski definition) is 2. The molecule has 1 aromatic heterocycles. The van der Waals surface area contributed by atoms with Crippen molar-refractivity contribution in [2.75, 3.05) is 7.11 Å². The summed E-state index contributed by atoms with van der Waals surface area (Å²) in [5, 5.41) is 13.2. The molecule has 0 bridgehead atoms. The standard InChI is InChI=1S/C26H31ClN2O4.C20H21ClN2O3/c1-4-15-29-22(18-28(25(29)32)17-20-8-5-9-21(27)16-20)10-6-7-19-11-13-23(14-12-19)33-26(2,3)24(30)31;1-26-17-10-8-14(9-11-17)4-3-7-18-19(24)23(20(25)22-18)13-15-5-2-6-16(21)12-15/h5,8-9,11-14,16,18H,4,6-7,10,15,17H2,1-3H3,(H,30,31);2,5-6,8-12,18H,3-4,7,13H2,1H3,(H,22,25). The number of carboxylic acid groups (broad SMARTS) is 1. The van der Waals surface area contributed by atoms with Gasteiger partial charge < -0.3 is 19.9 Å². The van der Waals surface area contributed by atoms with Crippen LogP contribution in [-0.2, 0) is 48.5 Å². The molecule has 6 rings (SSSR count). The van der Waals surface area contributed by atoms with E-state index in [1.54, 1.807) is 35.9 Å². The van der Waals surface area contributed by atoms with Crippen molar-refractivity contribution in [1.82, 2.24) is 19.4 Å². The Bertz CT molecular complexity index is 2250. The number of methoxy groups -OCH3 is 1. The van der Waals surface area contributed by atoms with Crippen molar-refractivity contribution < 1.29 is 29.0 Å². The van der Waals surface area contributed by atoms with Gasteiger partial charge in [0.1, 0.15) is 17.5 Å². The number of nitrogens with zero attached hydrogens (tertiary/aromatic N) is 3. The Morgan fingerprint density at radius 2 is 1.36 bits per heavy atom. The zero-order valence-electron chi connectivity index (χ0n) is 34.0. The second kappa shape index (κ2) is 20.9. The Morgan fingerprint density at radius 1 is 0.780 bits per heavy atom. The van der Waals surface area contributed by atoms with Gasteiger partial charge in [0.2, 0.25) is 0 Å². The Morgan fingerprint density at radius 3 is 1.92 bits per heavy atom. The first-order valence-corrected chi connectivity index (χ1v) is 20.6. The summed E-state index contributed by atoms with van der Waals surface area (Å²) in [7, 11) is 1.64. The average Bonchev–Trinajstić information content (AvgIpc) is 3.64. The third-order valence-electron chi connectivity index (χ3n) is 9.98. The number of rotatable bonds is 18. The van der Waals surface area contributed by atoms with Crippen molar-refractivity contribution in [3.63, 3.8) is 0 Å². The fraction of sp³-hybridized carbons (Fsp3) is 0.348. The highest BCUT2D eigenvalue weighted by molar-refractivity contribution is 6.30. The average molecular weight is 844 g/mol. The van der Waals surface area contributed by atoms with Crippen LogP contribution in [0, 0.1) is 0 Å². The van der Waals surface area contributed by atoms with Gasteiger partial charge in [-0.05, 0) is 130 Å². The molecule has 59 heavy (non-hydrogen) atoms. The van der Waals surface area contributed by atoms with Gasteiger partial charge in [-0.1, -0.05) is 78.7 Å². The predicted octanol–water partition coefficient (Wildman–Crippen LogP) is 8.97. The van der Waals surface area contributed by atoms with E-state index in [4.69, 9.17) is 32.7 Å². The Hall–Kier alpha value is -5.52. The Balaban J connectivity index is 0.000000230. The molecule has 1 unspecified atom stereocenters. The lowest BCUT2D eigenvalue weighted by molar-refractivity contribution is -0.152. The molecule has 5 aromatic rings. The van der Waals surface area contributed by atoms with E-state index in [-0.39, 0.29) is 24.2 Å². The van der Waals surface area contributed by atoms with Crippen molar-refractivity contribution in [3.8, 4) is 11.5 Å². The summed E-state index contributed by atoms with van der Waals surface area (Å²) in [4.78, 5) is 50.1. The molecule has 2 heterocycles. The second-order valence-corrected chi connectivity index (χ2v) is 15.9. The van der Waals surface area contributed by atoms with Gasteiger partial charge in [-0.15, -0.1) is 0 Å². The molecule has 0 aliphatic carbocycles. The lowest BCUT2D eigenvalue weighted by Crippen LogP contribution is -2.37. The quantitative estimate of drug-likeness (QED) is 0.0843. The molecule has 1 aliphatic rings. The largest absolute Gasteiger partial charge is 0.497 e. The molecule has 11 nitrogen and oxygen atoms in total. The van der Waals surface area contributed by atoms with Crippen molar-refractivity contribution in [1.29, 1.82) is 0 Å². The number of aromatic nitrogens is 2. The highest BCUT2D eigenvalue weighted by Crippen LogP contribution is 2.22. The summed E-state index contributed by atoms with van der Waals surface area (Å²) >= 11 is 12.1. The number of aliphatic carboxylic acids is 1. The first-order chi connectivity index (χ1) is 28.3. The van der Waals surface area contributed by atoms with Crippen LogP contribution in [0.4, 0.5) is 4.79 Å². The van der Waals surface area contributed by atoms with E-state index in [1.807, 2.05) is 83.6 Å². The predicted molar refractivity (Wildman–Crippen MR) is 231 cm³/mol. The number of aryl methyl sites for hydroxylation is 3. The van der Waals surface area contributed by atoms with Crippen LogP contribution in [0.3, 0.4) is 0 Å². The zero-order chi connectivity index (χ0) is 42.5. The monoisotopic (exact) mass is 842 g/mol. The minimum absolute atomic E-state index is 0.00868. The maximum atomic E-state index is 12.9. The summed E-state index contributed by atoms with van der Waals surface area (Å²) in [6.45, 7) is 6.55. The number of benzene rings is 4. The number of carbonyl (C=O) groups is 3. The molecular weight excluding hydrogens is 791 g/mol. The van der Waals surface area contributed by atoms with Crippen LogP contribution in [-0.4, -0.2) is 55.8 Å². The molecule has 1 aliphatic heterocycles. The van der Waals surface area contributed by atoms with Gasteiger partial charge >= 0.3 is 17.7 Å². The van der Waals surface area contributed by atoms with Crippen molar-refractivity contribution >= 4 is 41.1 Å². The number of imide groups is 1. The van der Waals surface area contributed by atoms with E-state index in [0.717, 1.165) is 66.7 Å². The number of ether oxygens (including phenoxy) is 2. The van der Waals surface area contributed by atoms with Crippen LogP contribution in [0.25, 0.3) is 0 Å². The summed E-state index contributed by atoms with van der Waals surface area (Å²) < 4.78 is 14.3. The van der Waals surface area contributed by atoms with E-state index in [9.17, 15) is 24.3 Å². The molecule has 13 heteroatoms. The fourth-order valence-electron chi connectivity index (χ4n) is 6.77. The van der Waals surface area contributed by atoms with Gasteiger partial charge in [0.15, 0.2) is 5.60 Å². The first-order valence-electron chi connectivity index (χ1n) is 19.8. The number of carbonyl (C=O) groups excluding carboxylic acids is 2. The van der Waals surface area contributed by atoms with Gasteiger partial charge in [0, 0.05) is 28.5 Å². The SMILES string of the molecule is CCCn1c(CCCc2ccc(OC(C)(C)C(=O)O)cc2)cn(Cc2cccc(Cl)c2)c1=O.COc1ccc(CCCC2NC(=O)N(Cc3cccc(Cl)c3)C2=O)cc1. The van der Waals surface area contributed by atoms with Crippen LogP contribution < -0.4 is 20.5 Å². The van der Waals surface area contributed by atoms with E-state index in [1.165, 1.54) is 24.3 Å². The molecule has 3 amide bonds. The number of urea groups is 1. The van der Waals surface area contributed by atoms with Gasteiger partial charge in [-0.2, -0.15) is 0 Å². The number of hydrogen-bond acceptors (Lipinski definition) is 6. The summed E-state index contributed by atoms with van der Waals surface area (Å²) in [5.41, 5.74) is 3.92. The van der Waals surface area contributed by atoms with Crippen molar-refractivity contribution in [2.24, 2.45) is 0 Å². The molecule has 1 saturated heterocycles. The van der Waals surface area contributed by atoms with Crippen LogP contribution in [0.2, 0.25) is 10.0 Å². The first kappa shape index (κ1) is 44.6. The van der Waals surface area contributed by atoms with E-state index in [0.29, 0.717) is 35.3 Å². The summed E-state index contributed by atoms with van der Waals surface area (Å²) in [6.07, 6.45) is 7.66. The fourth-order valence-corrected chi connectivity index (χ4v) is 7.19. The Kier molecular flexibility index (Phi) is 15.8. The second-order valence-electron chi connectivity index (χ2n) is 15.0. The molecule has 0 saturated carbocycles. The van der Waals surface area contributed by atoms with Gasteiger partial charge in [-0.3, -0.25) is 18.8 Å². The lowest BCUT2D eigenvalue weighted by Gasteiger charge is -2.21. The molecule has 4 aromatic carbocycles. The molecule has 2 N–H and O–H groups in total. The van der Waals surface area contributed by atoms with Crippen LogP contribution >= 0.6 is 23.2 Å². The minimum Gasteiger partial charge on any atom is -0.497 e. The highest BCUT2D eigenvalue weighted by Gasteiger charge is 2.37. The topological polar surface area (TPSA) is 132 Å². The summed E-state index contributed by atoms with van der Waals surface area (Å²) in [6, 6.07) is 29.3. The summed E-state index contributed by atoms with van der Waals surface area (Å²) in [5.74, 6) is 0.168. The van der Waals surface area contributed by atoms with E-state index >= 15 is 0 Å². The van der Waals surface area contributed by atoms with Gasteiger partial charge in [0.25, 0.3) is 5.91 Å². The smallest absolute Gasteiger partial charge is 0.347 e. The van der Waals surface area contributed by atoms with Crippen LogP contribution in [0.5, 0.6) is 11.5 Å². The van der Waals surface area contributed by atoms with Crippen molar-refractivity contribution in [3.05, 3.63) is 152 Å². The number of carboxylic acids is 1. The Labute approximate surface area is 355 Å². The molecular formula is C46H52Cl2N4O7. The third-order valence-corrected chi connectivity index (χ3v) is 10.5. The molecule has 1 atom stereocenters. The zero-order valence-corrected chi connectivity index (χ0v) is 35.5. The molecule has 0 radical (unpaired) electrons. The number of imidazole rings is 1. The van der Waals surface area contributed by atoms with Crippen LogP contribution in [0.15, 0.2) is 108 Å².